The average molecular weight is 428 g/mol. The Bertz CT molecular complexity index is 878. The van der Waals surface area contributed by atoms with Crippen LogP contribution in [-0.2, 0) is 25.6 Å². The van der Waals surface area contributed by atoms with E-state index in [9.17, 15) is 9.59 Å². The van der Waals surface area contributed by atoms with Crippen molar-refractivity contribution in [3.05, 3.63) is 53.6 Å². The molecular weight excluding hydrogens is 400 g/mol. The number of carbonyl (C=O) groups is 2. The van der Waals surface area contributed by atoms with Crippen molar-refractivity contribution >= 4 is 17.6 Å². The van der Waals surface area contributed by atoms with Crippen molar-refractivity contribution in [2.24, 2.45) is 0 Å². The van der Waals surface area contributed by atoms with Crippen LogP contribution in [0.1, 0.15) is 11.1 Å². The van der Waals surface area contributed by atoms with E-state index < -0.39 is 11.9 Å². The van der Waals surface area contributed by atoms with Crippen LogP contribution in [0, 0.1) is 6.92 Å². The molecule has 0 radical (unpaired) electrons. The maximum atomic E-state index is 12.1. The molecule has 0 saturated carbocycles. The first kappa shape index (κ1) is 22.6. The molecule has 8 nitrogen and oxygen atoms in total. The number of ether oxygens (including phenoxy) is 4. The van der Waals surface area contributed by atoms with Crippen molar-refractivity contribution in [1.29, 1.82) is 0 Å². The number of benzene rings is 2. The normalized spacial score (nSPS) is 14.0. The second-order valence-corrected chi connectivity index (χ2v) is 7.24. The van der Waals surface area contributed by atoms with Gasteiger partial charge in [-0.2, -0.15) is 0 Å². The fraction of sp³-hybridized carbons (Fsp3) is 0.391. The van der Waals surface area contributed by atoms with E-state index >= 15 is 0 Å². The maximum Gasteiger partial charge on any atom is 0.344 e. The molecule has 1 amide bonds. The SMILES string of the molecule is COc1cc(C)ccc1OCC(=O)OCC(=O)Nc1ccc(CN2CCOCC2)cc1. The van der Waals surface area contributed by atoms with Gasteiger partial charge in [0.1, 0.15) is 0 Å². The van der Waals surface area contributed by atoms with Crippen LogP contribution >= 0.6 is 0 Å². The lowest BCUT2D eigenvalue weighted by atomic mass is 10.2. The van der Waals surface area contributed by atoms with Gasteiger partial charge in [-0.05, 0) is 42.3 Å². The van der Waals surface area contributed by atoms with Crippen LogP contribution in [0.2, 0.25) is 0 Å². The Morgan fingerprint density at radius 2 is 1.77 bits per heavy atom. The third-order valence-electron chi connectivity index (χ3n) is 4.78. The fourth-order valence-electron chi connectivity index (χ4n) is 3.13. The van der Waals surface area contributed by atoms with Gasteiger partial charge in [0, 0.05) is 25.3 Å². The Morgan fingerprint density at radius 1 is 1.03 bits per heavy atom. The molecule has 0 spiro atoms. The number of methoxy groups -OCH3 is 1. The predicted octanol–water partition coefficient (Wildman–Crippen LogP) is 2.40. The number of nitrogens with zero attached hydrogens (tertiary/aromatic N) is 1. The number of hydrogen-bond donors (Lipinski definition) is 1. The van der Waals surface area contributed by atoms with Gasteiger partial charge in [-0.15, -0.1) is 0 Å². The van der Waals surface area contributed by atoms with Gasteiger partial charge in [-0.3, -0.25) is 9.69 Å². The zero-order valence-electron chi connectivity index (χ0n) is 17.9. The summed E-state index contributed by atoms with van der Waals surface area (Å²) in [7, 11) is 1.53. The number of nitrogens with one attached hydrogen (secondary N) is 1. The first-order chi connectivity index (χ1) is 15.0. The zero-order valence-corrected chi connectivity index (χ0v) is 17.9. The van der Waals surface area contributed by atoms with Crippen LogP contribution in [0.15, 0.2) is 42.5 Å². The molecule has 0 bridgehead atoms. The number of hydrogen-bond acceptors (Lipinski definition) is 7. The van der Waals surface area contributed by atoms with Crippen molar-refractivity contribution in [3.8, 4) is 11.5 Å². The number of morpholine rings is 1. The van der Waals surface area contributed by atoms with Gasteiger partial charge in [0.2, 0.25) is 0 Å². The van der Waals surface area contributed by atoms with Gasteiger partial charge in [-0.25, -0.2) is 4.79 Å². The molecule has 1 heterocycles. The highest BCUT2D eigenvalue weighted by molar-refractivity contribution is 5.92. The molecule has 3 rings (SSSR count). The molecule has 0 aliphatic carbocycles. The van der Waals surface area contributed by atoms with E-state index in [4.69, 9.17) is 18.9 Å². The molecule has 166 valence electrons. The largest absolute Gasteiger partial charge is 0.493 e. The minimum absolute atomic E-state index is 0.317. The van der Waals surface area contributed by atoms with Crippen LogP contribution in [0.5, 0.6) is 11.5 Å². The lowest BCUT2D eigenvalue weighted by molar-refractivity contribution is -0.149. The summed E-state index contributed by atoms with van der Waals surface area (Å²) >= 11 is 0. The number of esters is 1. The lowest BCUT2D eigenvalue weighted by Gasteiger charge is -2.26. The Kier molecular flexibility index (Phi) is 8.26. The van der Waals surface area contributed by atoms with E-state index in [1.807, 2.05) is 37.3 Å². The van der Waals surface area contributed by atoms with Crippen LogP contribution in [0.25, 0.3) is 0 Å². The number of aryl methyl sites for hydroxylation is 1. The Balaban J connectivity index is 1.38. The summed E-state index contributed by atoms with van der Waals surface area (Å²) in [4.78, 5) is 26.3. The summed E-state index contributed by atoms with van der Waals surface area (Å²) < 4.78 is 21.0. The zero-order chi connectivity index (χ0) is 22.1. The van der Waals surface area contributed by atoms with E-state index in [1.165, 1.54) is 7.11 Å². The van der Waals surface area contributed by atoms with Gasteiger partial charge in [-0.1, -0.05) is 18.2 Å². The molecule has 1 saturated heterocycles. The first-order valence-corrected chi connectivity index (χ1v) is 10.2. The molecule has 0 unspecified atom stereocenters. The Hall–Kier alpha value is -3.10. The van der Waals surface area contributed by atoms with E-state index in [1.54, 1.807) is 12.1 Å². The van der Waals surface area contributed by atoms with Gasteiger partial charge < -0.3 is 24.3 Å². The molecule has 1 N–H and O–H groups in total. The molecule has 31 heavy (non-hydrogen) atoms. The Morgan fingerprint density at radius 3 is 2.48 bits per heavy atom. The smallest absolute Gasteiger partial charge is 0.344 e. The quantitative estimate of drug-likeness (QED) is 0.614. The highest BCUT2D eigenvalue weighted by Gasteiger charge is 2.12. The summed E-state index contributed by atoms with van der Waals surface area (Å²) in [6.45, 7) is 5.44. The molecule has 2 aromatic carbocycles. The van der Waals surface area contributed by atoms with Crippen LogP contribution in [-0.4, -0.2) is 63.4 Å². The minimum Gasteiger partial charge on any atom is -0.493 e. The highest BCUT2D eigenvalue weighted by Crippen LogP contribution is 2.27. The monoisotopic (exact) mass is 428 g/mol. The van der Waals surface area contributed by atoms with Crippen molar-refractivity contribution in [1.82, 2.24) is 4.90 Å². The number of anilines is 1. The first-order valence-electron chi connectivity index (χ1n) is 10.2. The van der Waals surface area contributed by atoms with E-state index in [2.05, 4.69) is 10.2 Å². The minimum atomic E-state index is -0.640. The molecule has 8 heteroatoms. The number of amides is 1. The van der Waals surface area contributed by atoms with Gasteiger partial charge in [0.05, 0.1) is 20.3 Å². The molecule has 1 fully saturated rings. The third kappa shape index (κ3) is 7.27. The van der Waals surface area contributed by atoms with Crippen molar-refractivity contribution in [3.63, 3.8) is 0 Å². The van der Waals surface area contributed by atoms with Gasteiger partial charge >= 0.3 is 5.97 Å². The number of carbonyl (C=O) groups excluding carboxylic acids is 2. The van der Waals surface area contributed by atoms with Gasteiger partial charge in [0.25, 0.3) is 5.91 Å². The summed E-state index contributed by atoms with van der Waals surface area (Å²) in [5.41, 5.74) is 2.82. The van der Waals surface area contributed by atoms with Crippen molar-refractivity contribution in [2.75, 3.05) is 51.9 Å². The second kappa shape index (κ2) is 11.3. The molecule has 1 aliphatic heterocycles. The van der Waals surface area contributed by atoms with E-state index in [0.717, 1.165) is 44.0 Å². The van der Waals surface area contributed by atoms with Crippen LogP contribution in [0.4, 0.5) is 5.69 Å². The maximum absolute atomic E-state index is 12.1. The highest BCUT2D eigenvalue weighted by atomic mass is 16.6. The Labute approximate surface area is 182 Å². The molecular formula is C23H28N2O6. The molecule has 2 aromatic rings. The predicted molar refractivity (Wildman–Crippen MR) is 115 cm³/mol. The van der Waals surface area contributed by atoms with Crippen molar-refractivity contribution < 1.29 is 28.5 Å². The topological polar surface area (TPSA) is 86.3 Å². The van der Waals surface area contributed by atoms with Crippen LogP contribution < -0.4 is 14.8 Å². The summed E-state index contributed by atoms with van der Waals surface area (Å²) in [6.07, 6.45) is 0. The standard InChI is InChI=1S/C23H28N2O6/c1-17-3-8-20(21(13-17)28-2)30-16-23(27)31-15-22(26)24-19-6-4-18(5-7-19)14-25-9-11-29-12-10-25/h3-8,13H,9-12,14-16H2,1-2H3,(H,24,26). The summed E-state index contributed by atoms with van der Waals surface area (Å²) in [5, 5.41) is 2.72. The number of rotatable bonds is 9. The van der Waals surface area contributed by atoms with Gasteiger partial charge in [0.15, 0.2) is 24.7 Å². The van der Waals surface area contributed by atoms with Crippen molar-refractivity contribution in [2.45, 2.75) is 13.5 Å². The fourth-order valence-corrected chi connectivity index (χ4v) is 3.13. The average Bonchev–Trinajstić information content (AvgIpc) is 2.78. The van der Waals surface area contributed by atoms with E-state index in [-0.39, 0.29) is 13.2 Å². The third-order valence-corrected chi connectivity index (χ3v) is 4.78. The second-order valence-electron chi connectivity index (χ2n) is 7.24. The van der Waals surface area contributed by atoms with E-state index in [0.29, 0.717) is 17.2 Å². The molecule has 0 aromatic heterocycles. The lowest BCUT2D eigenvalue weighted by Crippen LogP contribution is -2.35. The summed E-state index contributed by atoms with van der Waals surface area (Å²) in [6, 6.07) is 13.0. The molecule has 0 atom stereocenters. The van der Waals surface area contributed by atoms with Crippen LogP contribution in [0.3, 0.4) is 0 Å². The molecule has 1 aliphatic rings. The summed E-state index contributed by atoms with van der Waals surface area (Å²) in [5.74, 6) is -0.0879.